The van der Waals surface area contributed by atoms with E-state index in [1.54, 1.807) is 0 Å². The van der Waals surface area contributed by atoms with Crippen molar-refractivity contribution in [2.75, 3.05) is 25.9 Å². The second-order valence-electron chi connectivity index (χ2n) is 6.36. The molecule has 1 aliphatic carbocycles. The third-order valence-corrected chi connectivity index (χ3v) is 5.06. The van der Waals surface area contributed by atoms with E-state index in [2.05, 4.69) is 10.0 Å². The first-order chi connectivity index (χ1) is 9.94. The number of nitrogens with zero attached hydrogens (tertiary/aromatic N) is 1. The lowest BCUT2D eigenvalue weighted by Crippen LogP contribution is -2.50. The van der Waals surface area contributed by atoms with E-state index in [1.807, 2.05) is 4.90 Å². The topological polar surface area (TPSA) is 78.5 Å². The number of rotatable bonds is 4. The summed E-state index contributed by atoms with van der Waals surface area (Å²) in [5.41, 5.74) is 0. The third-order valence-electron chi connectivity index (χ3n) is 4.37. The van der Waals surface area contributed by atoms with Gasteiger partial charge in [-0.1, -0.05) is 19.3 Å². The third kappa shape index (κ3) is 5.82. The predicted molar refractivity (Wildman–Crippen MR) is 82.5 cm³/mol. The van der Waals surface area contributed by atoms with Crippen molar-refractivity contribution in [3.05, 3.63) is 0 Å². The Bertz CT molecular complexity index is 446. The van der Waals surface area contributed by atoms with Crippen LogP contribution in [0.3, 0.4) is 0 Å². The number of urea groups is 1. The van der Waals surface area contributed by atoms with Gasteiger partial charge < -0.3 is 10.2 Å². The summed E-state index contributed by atoms with van der Waals surface area (Å²) in [6, 6.07) is 0.340. The summed E-state index contributed by atoms with van der Waals surface area (Å²) in [4.78, 5) is 14.1. The molecule has 0 aromatic carbocycles. The fraction of sp³-hybridized carbons (Fsp3) is 0.929. The second kappa shape index (κ2) is 7.45. The summed E-state index contributed by atoms with van der Waals surface area (Å²) in [6.07, 6.45) is 8.91. The Morgan fingerprint density at radius 1 is 1.14 bits per heavy atom. The van der Waals surface area contributed by atoms with Gasteiger partial charge >= 0.3 is 6.03 Å². The summed E-state index contributed by atoms with van der Waals surface area (Å²) >= 11 is 0. The minimum absolute atomic E-state index is 0.0194. The number of piperidine rings is 1. The van der Waals surface area contributed by atoms with Gasteiger partial charge in [0.1, 0.15) is 0 Å². The van der Waals surface area contributed by atoms with Crippen LogP contribution in [0.1, 0.15) is 44.9 Å². The first-order valence-corrected chi connectivity index (χ1v) is 9.83. The van der Waals surface area contributed by atoms with E-state index in [1.165, 1.54) is 25.5 Å². The van der Waals surface area contributed by atoms with E-state index in [0.29, 0.717) is 19.1 Å². The van der Waals surface area contributed by atoms with Gasteiger partial charge in [0.2, 0.25) is 10.0 Å². The van der Waals surface area contributed by atoms with Crippen LogP contribution in [-0.2, 0) is 10.0 Å². The Morgan fingerprint density at radius 2 is 1.86 bits per heavy atom. The number of sulfonamides is 1. The fourth-order valence-corrected chi connectivity index (χ4v) is 3.74. The number of amides is 2. The maximum atomic E-state index is 12.3. The van der Waals surface area contributed by atoms with Crippen LogP contribution in [0.15, 0.2) is 0 Å². The summed E-state index contributed by atoms with van der Waals surface area (Å²) in [7, 11) is -3.15. The predicted octanol–water partition coefficient (Wildman–Crippen LogP) is 1.29. The second-order valence-corrected chi connectivity index (χ2v) is 8.19. The Labute approximate surface area is 127 Å². The van der Waals surface area contributed by atoms with Crippen molar-refractivity contribution in [3.8, 4) is 0 Å². The lowest BCUT2D eigenvalue weighted by atomic mass is 9.95. The quantitative estimate of drug-likeness (QED) is 0.820. The van der Waals surface area contributed by atoms with Crippen LogP contribution in [0.4, 0.5) is 4.79 Å². The van der Waals surface area contributed by atoms with Gasteiger partial charge in [0.05, 0.1) is 6.26 Å². The molecule has 2 amide bonds. The van der Waals surface area contributed by atoms with E-state index < -0.39 is 10.0 Å². The number of hydrogen-bond acceptors (Lipinski definition) is 3. The molecule has 1 atom stereocenters. The van der Waals surface area contributed by atoms with Crippen LogP contribution in [-0.4, -0.2) is 51.3 Å². The zero-order valence-electron chi connectivity index (χ0n) is 12.8. The highest BCUT2D eigenvalue weighted by molar-refractivity contribution is 7.88. The molecule has 0 spiro atoms. The summed E-state index contributed by atoms with van der Waals surface area (Å²) in [5, 5.41) is 3.13. The van der Waals surface area contributed by atoms with Gasteiger partial charge in [-0.05, 0) is 31.6 Å². The molecule has 1 saturated heterocycles. The highest BCUT2D eigenvalue weighted by Gasteiger charge is 2.26. The molecule has 2 rings (SSSR count). The van der Waals surface area contributed by atoms with E-state index in [4.69, 9.17) is 0 Å². The average Bonchev–Trinajstić information content (AvgIpc) is 2.46. The Balaban J connectivity index is 1.78. The van der Waals surface area contributed by atoms with E-state index >= 15 is 0 Å². The van der Waals surface area contributed by atoms with Crippen molar-refractivity contribution in [3.63, 3.8) is 0 Å². The Morgan fingerprint density at radius 3 is 2.52 bits per heavy atom. The molecule has 122 valence electrons. The van der Waals surface area contributed by atoms with Crippen molar-refractivity contribution in [2.24, 2.45) is 5.92 Å². The molecule has 0 bridgehead atoms. The molecule has 6 nitrogen and oxygen atoms in total. The molecular weight excluding hydrogens is 290 g/mol. The number of carbonyl (C=O) groups excluding carboxylic acids is 1. The molecule has 1 saturated carbocycles. The van der Waals surface area contributed by atoms with Crippen LogP contribution >= 0.6 is 0 Å². The molecule has 0 radical (unpaired) electrons. The van der Waals surface area contributed by atoms with Crippen molar-refractivity contribution in [1.82, 2.24) is 14.9 Å². The summed E-state index contributed by atoms with van der Waals surface area (Å²) in [5.74, 6) is 0.214. The van der Waals surface area contributed by atoms with Crippen LogP contribution in [0.2, 0.25) is 0 Å². The molecule has 0 aromatic rings. The normalized spacial score (nSPS) is 24.8. The first-order valence-electron chi connectivity index (χ1n) is 7.94. The number of likely N-dealkylation sites (tertiary alicyclic amines) is 1. The van der Waals surface area contributed by atoms with Gasteiger partial charge in [-0.3, -0.25) is 0 Å². The largest absolute Gasteiger partial charge is 0.335 e. The maximum Gasteiger partial charge on any atom is 0.317 e. The first kappa shape index (κ1) is 16.5. The highest BCUT2D eigenvalue weighted by Crippen LogP contribution is 2.19. The summed E-state index contributed by atoms with van der Waals surface area (Å²) < 4.78 is 24.8. The summed E-state index contributed by atoms with van der Waals surface area (Å²) in [6.45, 7) is 1.83. The van der Waals surface area contributed by atoms with Gasteiger partial charge in [-0.25, -0.2) is 17.9 Å². The van der Waals surface area contributed by atoms with Crippen LogP contribution in [0.5, 0.6) is 0 Å². The van der Waals surface area contributed by atoms with E-state index in [9.17, 15) is 13.2 Å². The average molecular weight is 317 g/mol. The van der Waals surface area contributed by atoms with Crippen molar-refractivity contribution >= 4 is 16.1 Å². The Hall–Kier alpha value is -0.820. The minimum Gasteiger partial charge on any atom is -0.335 e. The van der Waals surface area contributed by atoms with E-state index in [0.717, 1.165) is 32.2 Å². The Kier molecular flexibility index (Phi) is 5.87. The van der Waals surface area contributed by atoms with Crippen LogP contribution in [0, 0.1) is 5.92 Å². The number of nitrogens with one attached hydrogen (secondary N) is 2. The van der Waals surface area contributed by atoms with Crippen molar-refractivity contribution in [1.29, 1.82) is 0 Å². The van der Waals surface area contributed by atoms with Crippen molar-refractivity contribution in [2.45, 2.75) is 51.0 Å². The SMILES string of the molecule is CS(=O)(=O)NC[C@H]1CCCN(C(=O)NC2CCCCC2)C1. The molecule has 2 fully saturated rings. The molecule has 0 aromatic heterocycles. The molecule has 2 aliphatic rings. The molecule has 1 aliphatic heterocycles. The van der Waals surface area contributed by atoms with Gasteiger partial charge in [0.25, 0.3) is 0 Å². The van der Waals surface area contributed by atoms with Gasteiger partial charge in [0.15, 0.2) is 0 Å². The number of carbonyl (C=O) groups is 1. The molecular formula is C14H27N3O3S. The molecule has 0 unspecified atom stereocenters. The molecule has 2 N–H and O–H groups in total. The van der Waals surface area contributed by atoms with Crippen molar-refractivity contribution < 1.29 is 13.2 Å². The zero-order chi connectivity index (χ0) is 15.3. The minimum atomic E-state index is -3.15. The molecule has 1 heterocycles. The fourth-order valence-electron chi connectivity index (χ4n) is 3.20. The van der Waals surface area contributed by atoms with Gasteiger partial charge in [0, 0.05) is 25.7 Å². The molecule has 21 heavy (non-hydrogen) atoms. The zero-order valence-corrected chi connectivity index (χ0v) is 13.6. The highest BCUT2D eigenvalue weighted by atomic mass is 32.2. The lowest BCUT2D eigenvalue weighted by molar-refractivity contribution is 0.160. The van der Waals surface area contributed by atoms with E-state index in [-0.39, 0.29) is 11.9 Å². The maximum absolute atomic E-state index is 12.3. The monoisotopic (exact) mass is 317 g/mol. The smallest absolute Gasteiger partial charge is 0.317 e. The van der Waals surface area contributed by atoms with Gasteiger partial charge in [-0.15, -0.1) is 0 Å². The van der Waals surface area contributed by atoms with Gasteiger partial charge in [-0.2, -0.15) is 0 Å². The lowest BCUT2D eigenvalue weighted by Gasteiger charge is -2.34. The van der Waals surface area contributed by atoms with Crippen LogP contribution < -0.4 is 10.0 Å². The standard InChI is InChI=1S/C14H27N3O3S/c1-21(19,20)15-10-12-6-5-9-17(11-12)14(18)16-13-7-3-2-4-8-13/h12-13,15H,2-11H2,1H3,(H,16,18)/t12-/m1/s1. The molecule has 7 heteroatoms. The van der Waals surface area contributed by atoms with Crippen LogP contribution in [0.25, 0.3) is 0 Å². The number of hydrogen-bond donors (Lipinski definition) is 2.